The predicted molar refractivity (Wildman–Crippen MR) is 104 cm³/mol. The van der Waals surface area contributed by atoms with E-state index >= 15 is 0 Å². The average Bonchev–Trinajstić information content (AvgIpc) is 3.22. The second-order valence-corrected chi connectivity index (χ2v) is 6.51. The summed E-state index contributed by atoms with van der Waals surface area (Å²) in [6, 6.07) is 9.82. The van der Waals surface area contributed by atoms with E-state index in [9.17, 15) is 9.59 Å². The molecule has 28 heavy (non-hydrogen) atoms. The average molecular weight is 384 g/mol. The minimum Gasteiger partial charge on any atom is -0.472 e. The normalized spacial score (nSPS) is 15.8. The summed E-state index contributed by atoms with van der Waals surface area (Å²) in [7, 11) is 0. The van der Waals surface area contributed by atoms with Crippen LogP contribution in [0.1, 0.15) is 46.9 Å². The van der Waals surface area contributed by atoms with E-state index in [4.69, 9.17) is 14.2 Å². The third-order valence-corrected chi connectivity index (χ3v) is 4.28. The van der Waals surface area contributed by atoms with Crippen molar-refractivity contribution < 1.29 is 23.8 Å². The number of carbonyl (C=O) groups excluding carboxylic acids is 2. The van der Waals surface area contributed by atoms with Crippen molar-refractivity contribution in [1.29, 1.82) is 0 Å². The molecule has 1 aromatic heterocycles. The van der Waals surface area contributed by atoms with Gasteiger partial charge in [0.2, 0.25) is 5.88 Å². The number of nitrogens with zero attached hydrogens (tertiary/aromatic N) is 1. The fraction of sp³-hybridized carbons (Fsp3) is 0.381. The van der Waals surface area contributed by atoms with Gasteiger partial charge in [0.1, 0.15) is 6.10 Å². The Kier molecular flexibility index (Phi) is 6.97. The molecular formula is C21H24N2O5. The van der Waals surface area contributed by atoms with Crippen LogP contribution < -0.4 is 10.1 Å². The number of esters is 1. The van der Waals surface area contributed by atoms with Crippen molar-refractivity contribution in [3.63, 3.8) is 0 Å². The largest absolute Gasteiger partial charge is 0.472 e. The van der Waals surface area contributed by atoms with Crippen LogP contribution in [0.4, 0.5) is 5.69 Å². The number of ether oxygens (including phenoxy) is 3. The predicted octanol–water partition coefficient (Wildman–Crippen LogP) is 3.46. The molecule has 1 aliphatic rings. The highest BCUT2D eigenvalue weighted by molar-refractivity contribution is 6.04. The lowest BCUT2D eigenvalue weighted by Gasteiger charge is -2.11. The lowest BCUT2D eigenvalue weighted by atomic mass is 10.2. The molecule has 0 radical (unpaired) electrons. The first-order valence-electron chi connectivity index (χ1n) is 9.44. The molecule has 1 N–H and O–H groups in total. The fourth-order valence-electron chi connectivity index (χ4n) is 2.68. The molecule has 1 aromatic carbocycles. The number of nitrogens with one attached hydrogen (secondary N) is 1. The second-order valence-electron chi connectivity index (χ2n) is 6.51. The number of pyridine rings is 1. The summed E-state index contributed by atoms with van der Waals surface area (Å²) in [5.74, 6) is -0.250. The summed E-state index contributed by atoms with van der Waals surface area (Å²) in [6.07, 6.45) is 4.12. The first kappa shape index (κ1) is 19.8. The highest BCUT2D eigenvalue weighted by Crippen LogP contribution is 2.17. The zero-order chi connectivity index (χ0) is 19.8. The van der Waals surface area contributed by atoms with E-state index in [0.717, 1.165) is 19.3 Å². The van der Waals surface area contributed by atoms with Crippen molar-refractivity contribution in [3.8, 4) is 5.88 Å². The molecule has 3 rings (SSSR count). The van der Waals surface area contributed by atoms with Gasteiger partial charge < -0.3 is 19.5 Å². The molecule has 1 fully saturated rings. The smallest absolute Gasteiger partial charge is 0.338 e. The van der Waals surface area contributed by atoms with Gasteiger partial charge in [0.15, 0.2) is 0 Å². The Hall–Kier alpha value is -2.93. The SMILES string of the molecule is CCCCOC(=O)c1ccc(NC(=O)c2ccnc(OC3CCOC3)c2)cc1. The molecule has 0 aliphatic carbocycles. The van der Waals surface area contributed by atoms with Crippen molar-refractivity contribution in [2.45, 2.75) is 32.3 Å². The Bertz CT molecular complexity index is 801. The summed E-state index contributed by atoms with van der Waals surface area (Å²) < 4.78 is 16.2. The second kappa shape index (κ2) is 9.85. The number of hydrogen-bond acceptors (Lipinski definition) is 6. The van der Waals surface area contributed by atoms with Crippen LogP contribution in [0.3, 0.4) is 0 Å². The molecule has 7 heteroatoms. The molecule has 7 nitrogen and oxygen atoms in total. The van der Waals surface area contributed by atoms with Crippen LogP contribution in [0.25, 0.3) is 0 Å². The number of aromatic nitrogens is 1. The van der Waals surface area contributed by atoms with E-state index in [-0.39, 0.29) is 18.0 Å². The van der Waals surface area contributed by atoms with E-state index in [1.807, 2.05) is 6.92 Å². The maximum Gasteiger partial charge on any atom is 0.338 e. The number of unbranched alkanes of at least 4 members (excludes halogenated alkanes) is 1. The number of anilines is 1. The maximum absolute atomic E-state index is 12.5. The topological polar surface area (TPSA) is 86.8 Å². The zero-order valence-electron chi connectivity index (χ0n) is 15.8. The van der Waals surface area contributed by atoms with E-state index in [0.29, 0.717) is 42.5 Å². The Labute approximate surface area is 164 Å². The van der Waals surface area contributed by atoms with Crippen molar-refractivity contribution in [3.05, 3.63) is 53.7 Å². The molecule has 0 spiro atoms. The molecule has 1 saturated heterocycles. The van der Waals surface area contributed by atoms with Crippen LogP contribution >= 0.6 is 0 Å². The van der Waals surface area contributed by atoms with Crippen molar-refractivity contribution in [2.75, 3.05) is 25.1 Å². The molecule has 1 atom stereocenters. The lowest BCUT2D eigenvalue weighted by molar-refractivity contribution is 0.0499. The number of carbonyl (C=O) groups is 2. The summed E-state index contributed by atoms with van der Waals surface area (Å²) in [6.45, 7) is 3.65. The number of benzene rings is 1. The van der Waals surface area contributed by atoms with Gasteiger partial charge in [0.05, 0.1) is 25.4 Å². The molecule has 148 valence electrons. The van der Waals surface area contributed by atoms with Crippen LogP contribution in [0, 0.1) is 0 Å². The number of rotatable bonds is 8. The highest BCUT2D eigenvalue weighted by Gasteiger charge is 2.18. The highest BCUT2D eigenvalue weighted by atomic mass is 16.5. The first-order chi connectivity index (χ1) is 13.7. The van der Waals surface area contributed by atoms with Gasteiger partial charge in [-0.2, -0.15) is 0 Å². The van der Waals surface area contributed by atoms with Gasteiger partial charge in [0, 0.05) is 29.9 Å². The zero-order valence-corrected chi connectivity index (χ0v) is 15.8. The van der Waals surface area contributed by atoms with Gasteiger partial charge in [-0.25, -0.2) is 9.78 Å². The molecule has 0 saturated carbocycles. The molecule has 1 amide bonds. The molecule has 2 heterocycles. The third-order valence-electron chi connectivity index (χ3n) is 4.28. The third kappa shape index (κ3) is 5.53. The van der Waals surface area contributed by atoms with E-state index in [1.54, 1.807) is 36.4 Å². The standard InChI is InChI=1S/C21H24N2O5/c1-2-3-11-27-21(25)15-4-6-17(7-5-15)23-20(24)16-8-10-22-19(13-16)28-18-9-12-26-14-18/h4-8,10,13,18H,2-3,9,11-12,14H2,1H3,(H,23,24). The molecular weight excluding hydrogens is 360 g/mol. The molecule has 0 bridgehead atoms. The Morgan fingerprint density at radius 2 is 2.04 bits per heavy atom. The van der Waals surface area contributed by atoms with Crippen LogP contribution in [-0.4, -0.2) is 42.8 Å². The Morgan fingerprint density at radius 3 is 2.75 bits per heavy atom. The van der Waals surface area contributed by atoms with Gasteiger partial charge in [-0.15, -0.1) is 0 Å². The lowest BCUT2D eigenvalue weighted by Crippen LogP contribution is -2.17. The van der Waals surface area contributed by atoms with Crippen LogP contribution in [-0.2, 0) is 9.47 Å². The minimum absolute atomic E-state index is 0.0320. The van der Waals surface area contributed by atoms with Crippen LogP contribution in [0.5, 0.6) is 5.88 Å². The van der Waals surface area contributed by atoms with Crippen molar-refractivity contribution in [2.24, 2.45) is 0 Å². The van der Waals surface area contributed by atoms with Gasteiger partial charge in [0.25, 0.3) is 5.91 Å². The number of amides is 1. The summed E-state index contributed by atoms with van der Waals surface area (Å²) in [5.41, 5.74) is 1.47. The van der Waals surface area contributed by atoms with E-state index < -0.39 is 0 Å². The first-order valence-corrected chi connectivity index (χ1v) is 9.44. The summed E-state index contributed by atoms with van der Waals surface area (Å²) in [4.78, 5) is 28.5. The maximum atomic E-state index is 12.5. The van der Waals surface area contributed by atoms with Crippen LogP contribution in [0.15, 0.2) is 42.6 Å². The number of hydrogen-bond donors (Lipinski definition) is 1. The van der Waals surface area contributed by atoms with E-state index in [2.05, 4.69) is 10.3 Å². The summed E-state index contributed by atoms with van der Waals surface area (Å²) >= 11 is 0. The quantitative estimate of drug-likeness (QED) is 0.554. The Balaban J connectivity index is 1.57. The van der Waals surface area contributed by atoms with Crippen molar-refractivity contribution in [1.82, 2.24) is 4.98 Å². The molecule has 1 aliphatic heterocycles. The minimum atomic E-state index is -0.363. The molecule has 2 aromatic rings. The Morgan fingerprint density at radius 1 is 1.21 bits per heavy atom. The van der Waals surface area contributed by atoms with Gasteiger partial charge >= 0.3 is 5.97 Å². The van der Waals surface area contributed by atoms with Gasteiger partial charge in [-0.3, -0.25) is 4.79 Å². The monoisotopic (exact) mass is 384 g/mol. The van der Waals surface area contributed by atoms with E-state index in [1.165, 1.54) is 6.20 Å². The van der Waals surface area contributed by atoms with Gasteiger partial charge in [-0.05, 0) is 36.8 Å². The summed E-state index contributed by atoms with van der Waals surface area (Å²) in [5, 5.41) is 2.80. The van der Waals surface area contributed by atoms with Crippen LogP contribution in [0.2, 0.25) is 0 Å². The fourth-order valence-corrected chi connectivity index (χ4v) is 2.68. The van der Waals surface area contributed by atoms with Crippen molar-refractivity contribution >= 4 is 17.6 Å². The molecule has 1 unspecified atom stereocenters. The van der Waals surface area contributed by atoms with Gasteiger partial charge in [-0.1, -0.05) is 13.3 Å².